The number of benzene rings is 2. The van der Waals surface area contributed by atoms with Crippen LogP contribution in [0.2, 0.25) is 0 Å². The number of aromatic amines is 1. The number of aromatic nitrogens is 2. The molecule has 1 aliphatic heterocycles. The minimum absolute atomic E-state index is 0.0589. The summed E-state index contributed by atoms with van der Waals surface area (Å²) >= 11 is 0. The van der Waals surface area contributed by atoms with Crippen molar-refractivity contribution < 1.29 is 4.79 Å². The molecule has 1 aliphatic carbocycles. The van der Waals surface area contributed by atoms with Crippen molar-refractivity contribution in [1.29, 1.82) is 5.26 Å². The van der Waals surface area contributed by atoms with Crippen LogP contribution >= 0.6 is 0 Å². The lowest BCUT2D eigenvalue weighted by Crippen LogP contribution is -2.42. The number of nitrogens with zero attached hydrogens (tertiary/aromatic N) is 3. The molecule has 1 atom stereocenters. The van der Waals surface area contributed by atoms with Crippen LogP contribution in [-0.2, 0) is 4.79 Å². The van der Waals surface area contributed by atoms with Crippen molar-refractivity contribution in [3.05, 3.63) is 94.5 Å². The lowest BCUT2D eigenvalue weighted by Gasteiger charge is -2.43. The number of carbonyl (C=O) groups excluding carboxylic acids is 1. The van der Waals surface area contributed by atoms with Gasteiger partial charge in [0.25, 0.3) is 0 Å². The highest BCUT2D eigenvalue weighted by Crippen LogP contribution is 2.50. The molecule has 2 heterocycles. The van der Waals surface area contributed by atoms with Gasteiger partial charge in [0.1, 0.15) is 5.82 Å². The van der Waals surface area contributed by atoms with E-state index in [2.05, 4.69) is 30.1 Å². The summed E-state index contributed by atoms with van der Waals surface area (Å²) in [6.45, 7) is 6.19. The van der Waals surface area contributed by atoms with Crippen LogP contribution in [-0.4, -0.2) is 16.0 Å². The minimum Gasteiger partial charge on any atom is -0.384 e. The molecular formula is C28H27N5O. The number of nitriles is 1. The van der Waals surface area contributed by atoms with E-state index < -0.39 is 5.92 Å². The van der Waals surface area contributed by atoms with E-state index in [1.54, 1.807) is 0 Å². The summed E-state index contributed by atoms with van der Waals surface area (Å²) in [4.78, 5) is 15.4. The zero-order valence-electron chi connectivity index (χ0n) is 19.6. The quantitative estimate of drug-likeness (QED) is 0.563. The maximum atomic E-state index is 13.6. The largest absolute Gasteiger partial charge is 0.384 e. The molecule has 1 aromatic heterocycles. The molecule has 0 bridgehead atoms. The van der Waals surface area contributed by atoms with E-state index in [4.69, 9.17) is 5.73 Å². The number of carbonyl (C=O) groups is 1. The van der Waals surface area contributed by atoms with Gasteiger partial charge < -0.3 is 5.73 Å². The first-order valence-electron chi connectivity index (χ1n) is 11.4. The zero-order chi connectivity index (χ0) is 24.0. The van der Waals surface area contributed by atoms with Gasteiger partial charge in [0, 0.05) is 23.8 Å². The van der Waals surface area contributed by atoms with Crippen molar-refractivity contribution in [3.8, 4) is 17.3 Å². The third kappa shape index (κ3) is 3.50. The molecule has 3 N–H and O–H groups in total. The highest BCUT2D eigenvalue weighted by atomic mass is 16.1. The van der Waals surface area contributed by atoms with Crippen LogP contribution in [0.1, 0.15) is 43.7 Å². The molecule has 0 spiro atoms. The second kappa shape index (κ2) is 8.03. The maximum Gasteiger partial charge on any atom is 0.162 e. The third-order valence-electron chi connectivity index (χ3n) is 6.76. The van der Waals surface area contributed by atoms with Gasteiger partial charge in [0.2, 0.25) is 0 Å². The molecule has 0 saturated heterocycles. The van der Waals surface area contributed by atoms with Crippen molar-refractivity contribution in [2.24, 2.45) is 11.1 Å². The average molecular weight is 450 g/mol. The molecule has 170 valence electrons. The van der Waals surface area contributed by atoms with Gasteiger partial charge in [-0.1, -0.05) is 68.4 Å². The highest BCUT2D eigenvalue weighted by molar-refractivity contribution is 6.01. The van der Waals surface area contributed by atoms with Crippen LogP contribution in [0.25, 0.3) is 11.3 Å². The molecule has 0 saturated carbocycles. The number of ketones is 1. The molecule has 34 heavy (non-hydrogen) atoms. The maximum absolute atomic E-state index is 13.6. The molecule has 2 aliphatic rings. The number of aryl methyl sites for hydroxylation is 1. The molecule has 0 fully saturated rings. The SMILES string of the molecule is Cc1ccccc1C1C(C#N)=C(N)N(c2cc(-c3ccccc3)[nH]n2)C2=C1C(=O)CC(C)(C)C2. The van der Waals surface area contributed by atoms with Gasteiger partial charge in [-0.15, -0.1) is 0 Å². The summed E-state index contributed by atoms with van der Waals surface area (Å²) in [6.07, 6.45) is 1.08. The highest BCUT2D eigenvalue weighted by Gasteiger charge is 2.45. The summed E-state index contributed by atoms with van der Waals surface area (Å²) in [5.41, 5.74) is 12.2. The second-order valence-electron chi connectivity index (χ2n) is 9.84. The first kappa shape index (κ1) is 21.7. The Morgan fingerprint density at radius 3 is 2.53 bits per heavy atom. The van der Waals surface area contributed by atoms with Crippen molar-refractivity contribution in [2.45, 2.75) is 39.5 Å². The molecular weight excluding hydrogens is 422 g/mol. The van der Waals surface area contributed by atoms with E-state index in [0.29, 0.717) is 35.6 Å². The topological polar surface area (TPSA) is 98.8 Å². The van der Waals surface area contributed by atoms with Crippen molar-refractivity contribution in [1.82, 2.24) is 10.2 Å². The molecule has 0 radical (unpaired) electrons. The Balaban J connectivity index is 1.73. The Hall–Kier alpha value is -4.11. The van der Waals surface area contributed by atoms with Gasteiger partial charge in [-0.2, -0.15) is 10.4 Å². The Bertz CT molecular complexity index is 1390. The van der Waals surface area contributed by atoms with E-state index in [-0.39, 0.29) is 11.2 Å². The lowest BCUT2D eigenvalue weighted by atomic mass is 9.68. The van der Waals surface area contributed by atoms with E-state index in [0.717, 1.165) is 28.1 Å². The fourth-order valence-corrected chi connectivity index (χ4v) is 5.18. The van der Waals surface area contributed by atoms with E-state index in [1.807, 2.05) is 72.5 Å². The zero-order valence-corrected chi connectivity index (χ0v) is 19.6. The molecule has 2 aromatic carbocycles. The first-order chi connectivity index (χ1) is 16.3. The van der Waals surface area contributed by atoms with Gasteiger partial charge in [0.05, 0.1) is 23.3 Å². The Morgan fingerprint density at radius 1 is 1.12 bits per heavy atom. The molecule has 5 rings (SSSR count). The number of anilines is 1. The van der Waals surface area contributed by atoms with Crippen LogP contribution in [0.15, 0.2) is 83.3 Å². The van der Waals surface area contributed by atoms with E-state index in [9.17, 15) is 10.1 Å². The standard InChI is InChI=1S/C28H27N5O/c1-17-9-7-8-12-19(17)25-20(16-29)27(30)33(22-14-28(2,3)15-23(34)26(22)25)24-13-21(31-32-24)18-10-5-4-6-11-18/h4-13,25H,14-15,30H2,1-3H3,(H,31,32). The normalized spacial score (nSPS) is 19.8. The number of nitrogens with one attached hydrogen (secondary N) is 1. The number of H-pyrrole nitrogens is 1. The molecule has 3 aromatic rings. The number of Topliss-reactive ketones (excluding diaryl/α,β-unsaturated/α-hetero) is 1. The Labute approximate surface area is 199 Å². The Morgan fingerprint density at radius 2 is 1.82 bits per heavy atom. The fourth-order valence-electron chi connectivity index (χ4n) is 5.18. The number of nitrogens with two attached hydrogens (primary N) is 1. The Kier molecular flexibility index (Phi) is 5.13. The molecule has 6 nitrogen and oxygen atoms in total. The number of allylic oxidation sites excluding steroid dienone is 3. The van der Waals surface area contributed by atoms with Gasteiger partial charge >= 0.3 is 0 Å². The van der Waals surface area contributed by atoms with Crippen LogP contribution in [0.5, 0.6) is 0 Å². The van der Waals surface area contributed by atoms with Crippen molar-refractivity contribution >= 4 is 11.6 Å². The summed E-state index contributed by atoms with van der Waals surface area (Å²) < 4.78 is 0. The summed E-state index contributed by atoms with van der Waals surface area (Å²) in [6, 6.07) is 22.0. The summed E-state index contributed by atoms with van der Waals surface area (Å²) in [5, 5.41) is 17.9. The predicted molar refractivity (Wildman–Crippen MR) is 132 cm³/mol. The fraction of sp³-hybridized carbons (Fsp3) is 0.250. The van der Waals surface area contributed by atoms with Gasteiger partial charge in [-0.25, -0.2) is 0 Å². The smallest absolute Gasteiger partial charge is 0.162 e. The third-order valence-corrected chi connectivity index (χ3v) is 6.76. The van der Waals surface area contributed by atoms with Crippen LogP contribution in [0.4, 0.5) is 5.82 Å². The van der Waals surface area contributed by atoms with Crippen LogP contribution < -0.4 is 10.6 Å². The second-order valence-corrected chi connectivity index (χ2v) is 9.84. The van der Waals surface area contributed by atoms with Gasteiger partial charge in [-0.05, 0) is 35.4 Å². The number of hydrogen-bond acceptors (Lipinski definition) is 5. The van der Waals surface area contributed by atoms with Crippen molar-refractivity contribution in [3.63, 3.8) is 0 Å². The summed E-state index contributed by atoms with van der Waals surface area (Å²) in [5.74, 6) is 0.480. The lowest BCUT2D eigenvalue weighted by molar-refractivity contribution is -0.118. The minimum atomic E-state index is -0.478. The van der Waals surface area contributed by atoms with E-state index >= 15 is 0 Å². The van der Waals surface area contributed by atoms with Crippen molar-refractivity contribution in [2.75, 3.05) is 4.90 Å². The molecule has 0 amide bonds. The van der Waals surface area contributed by atoms with Gasteiger partial charge in [0.15, 0.2) is 11.6 Å². The molecule has 1 unspecified atom stereocenters. The van der Waals surface area contributed by atoms with Gasteiger partial charge in [-0.3, -0.25) is 14.8 Å². The first-order valence-corrected chi connectivity index (χ1v) is 11.4. The monoisotopic (exact) mass is 449 g/mol. The van der Waals surface area contributed by atoms with Crippen LogP contribution in [0.3, 0.4) is 0 Å². The number of hydrogen-bond donors (Lipinski definition) is 2. The summed E-state index contributed by atoms with van der Waals surface area (Å²) in [7, 11) is 0. The number of rotatable bonds is 3. The van der Waals surface area contributed by atoms with Crippen LogP contribution in [0, 0.1) is 23.7 Å². The molecule has 6 heteroatoms. The van der Waals surface area contributed by atoms with E-state index in [1.165, 1.54) is 0 Å². The predicted octanol–water partition coefficient (Wildman–Crippen LogP) is 5.33. The average Bonchev–Trinajstić information content (AvgIpc) is 3.28.